The molecule has 0 N–H and O–H groups in total. The fourth-order valence-corrected chi connectivity index (χ4v) is 4.93. The van der Waals surface area contributed by atoms with Crippen LogP contribution in [0.4, 0.5) is 0 Å². The molecule has 192 valence electrons. The first kappa shape index (κ1) is 27.5. The average Bonchev–Trinajstić information content (AvgIpc) is 2.74. The SMILES string of the molecule is CC(C)=CCCc1ccc(-c2cc(C)c(-c3ccc(OS(C)(=O)=O)cc3)cc2C)cc1OS(C)(=O)=O. The highest BCUT2D eigenvalue weighted by Gasteiger charge is 2.15. The lowest BCUT2D eigenvalue weighted by Gasteiger charge is -2.16. The van der Waals surface area contributed by atoms with Crippen LogP contribution in [0.3, 0.4) is 0 Å². The third-order valence-corrected chi connectivity index (χ3v) is 6.55. The Balaban J connectivity index is 1.98. The van der Waals surface area contributed by atoms with Gasteiger partial charge in [-0.3, -0.25) is 0 Å². The van der Waals surface area contributed by atoms with Crippen molar-refractivity contribution in [1.29, 1.82) is 0 Å². The molecule has 0 aliphatic rings. The van der Waals surface area contributed by atoms with Gasteiger partial charge in [0.25, 0.3) is 0 Å². The Morgan fingerprint density at radius 2 is 1.28 bits per heavy atom. The Bertz CT molecular complexity index is 1500. The summed E-state index contributed by atoms with van der Waals surface area (Å²) in [6.07, 6.45) is 5.64. The molecule has 0 aromatic heterocycles. The standard InChI is InChI=1S/C28H32O6S2/c1-19(2)8-7-9-23-10-11-24(18-28(23)34-36(6,31)32)27-17-20(3)26(16-21(27)4)22-12-14-25(15-13-22)33-35(5,29)30/h8,10-18H,7,9H2,1-6H3. The molecule has 0 saturated heterocycles. The zero-order chi connectivity index (χ0) is 26.7. The summed E-state index contributed by atoms with van der Waals surface area (Å²) in [6, 6.07) is 16.7. The van der Waals surface area contributed by atoms with E-state index >= 15 is 0 Å². The van der Waals surface area contributed by atoms with Crippen molar-refractivity contribution in [3.63, 3.8) is 0 Å². The zero-order valence-corrected chi connectivity index (χ0v) is 23.1. The van der Waals surface area contributed by atoms with E-state index in [1.807, 2.05) is 52.0 Å². The van der Waals surface area contributed by atoms with Crippen molar-refractivity contribution in [2.75, 3.05) is 12.5 Å². The number of hydrogen-bond donors (Lipinski definition) is 0. The molecule has 0 heterocycles. The van der Waals surface area contributed by atoms with Crippen molar-refractivity contribution in [2.24, 2.45) is 0 Å². The summed E-state index contributed by atoms with van der Waals surface area (Å²) in [4.78, 5) is 0. The van der Waals surface area contributed by atoms with Gasteiger partial charge in [0, 0.05) is 0 Å². The van der Waals surface area contributed by atoms with Crippen LogP contribution in [0.15, 0.2) is 66.2 Å². The lowest BCUT2D eigenvalue weighted by atomic mass is 9.91. The van der Waals surface area contributed by atoms with E-state index in [2.05, 4.69) is 18.2 Å². The molecule has 6 nitrogen and oxygen atoms in total. The molecule has 3 aromatic rings. The molecule has 36 heavy (non-hydrogen) atoms. The number of allylic oxidation sites excluding steroid dienone is 2. The van der Waals surface area contributed by atoms with Gasteiger partial charge in [-0.05, 0) is 97.7 Å². The summed E-state index contributed by atoms with van der Waals surface area (Å²) >= 11 is 0. The molecular weight excluding hydrogens is 496 g/mol. The molecular formula is C28H32O6S2. The topological polar surface area (TPSA) is 86.7 Å². The van der Waals surface area contributed by atoms with Crippen molar-refractivity contribution < 1.29 is 25.2 Å². The Kier molecular flexibility index (Phi) is 8.31. The summed E-state index contributed by atoms with van der Waals surface area (Å²) in [6.45, 7) is 8.06. The Morgan fingerprint density at radius 3 is 1.81 bits per heavy atom. The van der Waals surface area contributed by atoms with Crippen molar-refractivity contribution in [3.05, 3.63) is 82.9 Å². The highest BCUT2D eigenvalue weighted by molar-refractivity contribution is 7.86. The van der Waals surface area contributed by atoms with Crippen molar-refractivity contribution in [2.45, 2.75) is 40.5 Å². The van der Waals surface area contributed by atoms with Crippen LogP contribution in [-0.4, -0.2) is 29.3 Å². The first-order valence-electron chi connectivity index (χ1n) is 11.5. The van der Waals surface area contributed by atoms with Crippen LogP contribution in [0, 0.1) is 13.8 Å². The van der Waals surface area contributed by atoms with E-state index in [1.54, 1.807) is 18.2 Å². The van der Waals surface area contributed by atoms with Gasteiger partial charge in [-0.2, -0.15) is 16.8 Å². The van der Waals surface area contributed by atoms with Crippen molar-refractivity contribution >= 4 is 20.2 Å². The van der Waals surface area contributed by atoms with Crippen molar-refractivity contribution in [1.82, 2.24) is 0 Å². The van der Waals surface area contributed by atoms with E-state index in [4.69, 9.17) is 8.37 Å². The maximum Gasteiger partial charge on any atom is 0.306 e. The Labute approximate surface area is 214 Å². The molecule has 0 atom stereocenters. The van der Waals surface area contributed by atoms with Gasteiger partial charge >= 0.3 is 20.2 Å². The first-order valence-corrected chi connectivity index (χ1v) is 15.1. The number of aryl methyl sites for hydroxylation is 3. The molecule has 0 aliphatic carbocycles. The number of hydrogen-bond acceptors (Lipinski definition) is 6. The van der Waals surface area contributed by atoms with Crippen LogP contribution in [0.25, 0.3) is 22.3 Å². The minimum atomic E-state index is -3.68. The van der Waals surface area contributed by atoms with Crippen LogP contribution in [0.1, 0.15) is 37.0 Å². The second-order valence-corrected chi connectivity index (χ2v) is 12.4. The number of rotatable bonds is 9. The average molecular weight is 529 g/mol. The van der Waals surface area contributed by atoms with Crippen LogP contribution >= 0.6 is 0 Å². The minimum Gasteiger partial charge on any atom is -0.383 e. The third kappa shape index (κ3) is 7.70. The van der Waals surface area contributed by atoms with Crippen LogP contribution in [-0.2, 0) is 26.7 Å². The van der Waals surface area contributed by atoms with E-state index in [9.17, 15) is 16.8 Å². The highest BCUT2D eigenvalue weighted by Crippen LogP contribution is 2.35. The Morgan fingerprint density at radius 1 is 0.750 bits per heavy atom. The summed E-state index contributed by atoms with van der Waals surface area (Å²) in [7, 11) is -7.26. The minimum absolute atomic E-state index is 0.260. The van der Waals surface area contributed by atoms with Gasteiger partial charge in [-0.1, -0.05) is 48.0 Å². The Hall–Kier alpha value is -3.10. The summed E-state index contributed by atoms with van der Waals surface area (Å²) in [5, 5.41) is 0. The predicted molar refractivity (Wildman–Crippen MR) is 145 cm³/mol. The van der Waals surface area contributed by atoms with Gasteiger partial charge in [0.05, 0.1) is 12.5 Å². The molecule has 0 radical (unpaired) electrons. The lowest BCUT2D eigenvalue weighted by molar-refractivity contribution is 0.489. The predicted octanol–water partition coefficient (Wildman–Crippen LogP) is 6.21. The smallest absolute Gasteiger partial charge is 0.306 e. The second kappa shape index (κ2) is 10.9. The first-order chi connectivity index (χ1) is 16.7. The molecule has 0 aliphatic heterocycles. The highest BCUT2D eigenvalue weighted by atomic mass is 32.2. The largest absolute Gasteiger partial charge is 0.383 e. The lowest BCUT2D eigenvalue weighted by Crippen LogP contribution is -2.08. The normalized spacial score (nSPS) is 11.7. The van der Waals surface area contributed by atoms with Crippen LogP contribution < -0.4 is 8.37 Å². The zero-order valence-electron chi connectivity index (χ0n) is 21.5. The summed E-state index contributed by atoms with van der Waals surface area (Å²) in [5.41, 5.74) is 7.85. The molecule has 8 heteroatoms. The second-order valence-electron chi connectivity index (χ2n) is 9.22. The van der Waals surface area contributed by atoms with Crippen LogP contribution in [0.5, 0.6) is 11.5 Å². The van der Waals surface area contributed by atoms with Gasteiger partial charge in [-0.25, -0.2) is 0 Å². The monoisotopic (exact) mass is 528 g/mol. The van der Waals surface area contributed by atoms with Gasteiger partial charge in [0.15, 0.2) is 0 Å². The maximum absolute atomic E-state index is 11.9. The molecule has 0 spiro atoms. The quantitative estimate of drug-likeness (QED) is 0.242. The van der Waals surface area contributed by atoms with Gasteiger partial charge in [-0.15, -0.1) is 0 Å². The molecule has 0 unspecified atom stereocenters. The molecule has 3 rings (SSSR count). The van der Waals surface area contributed by atoms with Crippen LogP contribution in [0.2, 0.25) is 0 Å². The fourth-order valence-electron chi connectivity index (χ4n) is 3.99. The van der Waals surface area contributed by atoms with E-state index in [0.717, 1.165) is 57.9 Å². The van der Waals surface area contributed by atoms with Gasteiger partial charge in [0.2, 0.25) is 0 Å². The maximum atomic E-state index is 11.9. The molecule has 0 bridgehead atoms. The number of benzene rings is 3. The molecule has 3 aromatic carbocycles. The van der Waals surface area contributed by atoms with E-state index in [1.165, 1.54) is 5.57 Å². The molecule has 0 amide bonds. The summed E-state index contributed by atoms with van der Waals surface area (Å²) in [5.74, 6) is 0.607. The van der Waals surface area contributed by atoms with Gasteiger partial charge < -0.3 is 8.37 Å². The third-order valence-electron chi connectivity index (χ3n) is 5.57. The van der Waals surface area contributed by atoms with E-state index in [0.29, 0.717) is 12.2 Å². The fraction of sp³-hybridized carbons (Fsp3) is 0.286. The molecule has 0 saturated carbocycles. The molecule has 0 fully saturated rings. The van der Waals surface area contributed by atoms with Crippen molar-refractivity contribution in [3.8, 4) is 33.8 Å². The van der Waals surface area contributed by atoms with E-state index < -0.39 is 20.2 Å². The van der Waals surface area contributed by atoms with Gasteiger partial charge in [0.1, 0.15) is 11.5 Å². The van der Waals surface area contributed by atoms with E-state index in [-0.39, 0.29) is 5.75 Å². The summed E-state index contributed by atoms with van der Waals surface area (Å²) < 4.78 is 56.9.